The van der Waals surface area contributed by atoms with Gasteiger partial charge in [-0.1, -0.05) is 42.5 Å². The van der Waals surface area contributed by atoms with Crippen LogP contribution < -0.4 is 9.47 Å². The highest BCUT2D eigenvalue weighted by Crippen LogP contribution is 2.39. The Kier molecular flexibility index (Phi) is 7.44. The fourth-order valence-corrected chi connectivity index (χ4v) is 4.33. The van der Waals surface area contributed by atoms with Gasteiger partial charge in [0.1, 0.15) is 6.61 Å². The largest absolute Gasteiger partial charge is 0.490 e. The van der Waals surface area contributed by atoms with Crippen LogP contribution >= 0.6 is 15.9 Å². The van der Waals surface area contributed by atoms with E-state index in [0.717, 1.165) is 21.9 Å². The van der Waals surface area contributed by atoms with Crippen molar-refractivity contribution in [3.8, 4) is 17.6 Å². The molecule has 0 radical (unpaired) electrons. The molecular formula is C28H21BrN2O4. The summed E-state index contributed by atoms with van der Waals surface area (Å²) >= 11 is 3.59. The van der Waals surface area contributed by atoms with Gasteiger partial charge in [-0.25, -0.2) is 0 Å². The van der Waals surface area contributed by atoms with E-state index in [9.17, 15) is 15.4 Å². The average molecular weight is 529 g/mol. The fraction of sp³-hybridized carbons (Fsp3) is 0.107. The Balaban J connectivity index is 1.64. The maximum atomic E-state index is 10.9. The molecule has 0 saturated carbocycles. The van der Waals surface area contributed by atoms with Gasteiger partial charge in [0.2, 0.25) is 0 Å². The van der Waals surface area contributed by atoms with Crippen LogP contribution in [0.4, 0.5) is 5.69 Å². The lowest BCUT2D eigenvalue weighted by Gasteiger charge is -2.16. The molecule has 0 N–H and O–H groups in total. The number of non-ortho nitro benzene ring substituents is 1. The number of nitrogens with zero attached hydrogens (tertiary/aromatic N) is 2. The Bertz CT molecular complexity index is 1450. The van der Waals surface area contributed by atoms with Crippen molar-refractivity contribution >= 4 is 44.0 Å². The Morgan fingerprint density at radius 1 is 1.06 bits per heavy atom. The first-order chi connectivity index (χ1) is 17.0. The summed E-state index contributed by atoms with van der Waals surface area (Å²) in [6.45, 7) is 2.70. The van der Waals surface area contributed by atoms with Gasteiger partial charge in [0, 0.05) is 12.1 Å². The highest BCUT2D eigenvalue weighted by atomic mass is 79.9. The molecule has 4 aromatic carbocycles. The predicted octanol–water partition coefficient (Wildman–Crippen LogP) is 7.55. The van der Waals surface area contributed by atoms with E-state index in [1.165, 1.54) is 12.1 Å². The molecule has 35 heavy (non-hydrogen) atoms. The Morgan fingerprint density at radius 2 is 1.80 bits per heavy atom. The summed E-state index contributed by atoms with van der Waals surface area (Å²) in [5.41, 5.74) is 2.72. The van der Waals surface area contributed by atoms with Crippen molar-refractivity contribution in [2.75, 3.05) is 6.61 Å². The maximum Gasteiger partial charge on any atom is 0.269 e. The molecule has 0 saturated heterocycles. The summed E-state index contributed by atoms with van der Waals surface area (Å²) in [5, 5.41) is 22.9. The van der Waals surface area contributed by atoms with E-state index in [-0.39, 0.29) is 5.69 Å². The minimum atomic E-state index is -0.470. The van der Waals surface area contributed by atoms with Gasteiger partial charge in [0.15, 0.2) is 11.5 Å². The molecule has 4 rings (SSSR count). The van der Waals surface area contributed by atoms with Crippen LogP contribution in [0.15, 0.2) is 83.3 Å². The molecule has 0 aliphatic rings. The molecule has 7 heteroatoms. The highest BCUT2D eigenvalue weighted by molar-refractivity contribution is 9.10. The van der Waals surface area contributed by atoms with Crippen LogP contribution in [0.5, 0.6) is 11.5 Å². The zero-order valence-corrected chi connectivity index (χ0v) is 20.5. The van der Waals surface area contributed by atoms with Crippen molar-refractivity contribution in [1.82, 2.24) is 0 Å². The van der Waals surface area contributed by atoms with Crippen molar-refractivity contribution in [3.05, 3.63) is 110 Å². The van der Waals surface area contributed by atoms with E-state index in [2.05, 4.69) is 40.2 Å². The fourth-order valence-electron chi connectivity index (χ4n) is 3.75. The highest BCUT2D eigenvalue weighted by Gasteiger charge is 2.14. The monoisotopic (exact) mass is 528 g/mol. The van der Waals surface area contributed by atoms with Gasteiger partial charge in [-0.3, -0.25) is 10.1 Å². The summed E-state index contributed by atoms with van der Waals surface area (Å²) in [6.07, 6.45) is 1.71. The number of hydrogen-bond donors (Lipinski definition) is 0. The number of fused-ring (bicyclic) bond motifs is 1. The Morgan fingerprint density at radius 3 is 2.51 bits per heavy atom. The molecule has 174 valence electrons. The normalized spacial score (nSPS) is 11.2. The van der Waals surface area contributed by atoms with Crippen molar-refractivity contribution in [2.24, 2.45) is 0 Å². The van der Waals surface area contributed by atoms with E-state index in [0.29, 0.717) is 40.3 Å². The lowest BCUT2D eigenvalue weighted by molar-refractivity contribution is -0.384. The van der Waals surface area contributed by atoms with Crippen LogP contribution in [-0.4, -0.2) is 11.5 Å². The van der Waals surface area contributed by atoms with Crippen LogP contribution in [-0.2, 0) is 6.61 Å². The number of hydrogen-bond acceptors (Lipinski definition) is 5. The standard InChI is InChI=1S/C28H21BrN2O4/c1-2-34-27-16-19(14-23(17-30)20-10-12-24(13-11-20)31(32)33)15-26(29)28(27)35-18-22-8-5-7-21-6-3-4-9-25(21)22/h3-16H,2,18H2,1H3/b23-14-. The second-order valence-electron chi connectivity index (χ2n) is 7.66. The first kappa shape index (κ1) is 24.0. The molecule has 0 fully saturated rings. The van der Waals surface area contributed by atoms with Gasteiger partial charge in [-0.2, -0.15) is 5.26 Å². The predicted molar refractivity (Wildman–Crippen MR) is 140 cm³/mol. The molecule has 0 bridgehead atoms. The van der Waals surface area contributed by atoms with Gasteiger partial charge in [0.05, 0.1) is 27.6 Å². The lowest BCUT2D eigenvalue weighted by Crippen LogP contribution is -2.01. The topological polar surface area (TPSA) is 85.4 Å². The van der Waals surface area contributed by atoms with Crippen molar-refractivity contribution in [3.63, 3.8) is 0 Å². The Hall–Kier alpha value is -4.15. The number of benzene rings is 4. The summed E-state index contributed by atoms with van der Waals surface area (Å²) in [6, 6.07) is 26.0. The van der Waals surface area contributed by atoms with Gasteiger partial charge < -0.3 is 9.47 Å². The van der Waals surface area contributed by atoms with E-state index < -0.39 is 4.92 Å². The molecule has 0 amide bonds. The maximum absolute atomic E-state index is 10.9. The molecular weight excluding hydrogens is 508 g/mol. The quantitative estimate of drug-likeness (QED) is 0.102. The van der Waals surface area contributed by atoms with Crippen LogP contribution in [0, 0.1) is 21.4 Å². The number of allylic oxidation sites excluding steroid dienone is 1. The van der Waals surface area contributed by atoms with E-state index in [4.69, 9.17) is 9.47 Å². The number of rotatable bonds is 8. The first-order valence-electron chi connectivity index (χ1n) is 10.9. The van der Waals surface area contributed by atoms with E-state index in [1.807, 2.05) is 43.3 Å². The minimum Gasteiger partial charge on any atom is -0.490 e. The van der Waals surface area contributed by atoms with E-state index >= 15 is 0 Å². The number of ether oxygens (including phenoxy) is 2. The van der Waals surface area contributed by atoms with Gasteiger partial charge in [-0.15, -0.1) is 0 Å². The van der Waals surface area contributed by atoms with E-state index in [1.54, 1.807) is 18.2 Å². The first-order valence-corrected chi connectivity index (χ1v) is 11.7. The summed E-state index contributed by atoms with van der Waals surface area (Å²) in [5.74, 6) is 1.13. The smallest absolute Gasteiger partial charge is 0.269 e. The average Bonchev–Trinajstić information content (AvgIpc) is 2.87. The van der Waals surface area contributed by atoms with Crippen LogP contribution in [0.1, 0.15) is 23.6 Å². The number of nitro groups is 1. The van der Waals surface area contributed by atoms with Gasteiger partial charge >= 0.3 is 0 Å². The third-order valence-corrected chi connectivity index (χ3v) is 5.99. The molecule has 6 nitrogen and oxygen atoms in total. The Labute approximate surface area is 211 Å². The molecule has 0 heterocycles. The van der Waals surface area contributed by atoms with Crippen LogP contribution in [0.25, 0.3) is 22.4 Å². The third-order valence-electron chi connectivity index (χ3n) is 5.40. The molecule has 4 aromatic rings. The molecule has 0 aromatic heterocycles. The zero-order chi connectivity index (χ0) is 24.8. The van der Waals surface area contributed by atoms with Crippen LogP contribution in [0.3, 0.4) is 0 Å². The third kappa shape index (κ3) is 5.51. The number of halogens is 1. The molecule has 0 aliphatic carbocycles. The minimum absolute atomic E-state index is 0.0277. The molecule has 0 aliphatic heterocycles. The van der Waals surface area contributed by atoms with Crippen molar-refractivity contribution in [1.29, 1.82) is 5.26 Å². The lowest BCUT2D eigenvalue weighted by atomic mass is 10.0. The summed E-state index contributed by atoms with van der Waals surface area (Å²) in [7, 11) is 0. The van der Waals surface area contributed by atoms with Crippen LogP contribution in [0.2, 0.25) is 0 Å². The summed E-state index contributed by atoms with van der Waals surface area (Å²) < 4.78 is 12.7. The number of nitriles is 1. The molecule has 0 atom stereocenters. The van der Waals surface area contributed by atoms with Gasteiger partial charge in [0.25, 0.3) is 5.69 Å². The second-order valence-corrected chi connectivity index (χ2v) is 8.52. The van der Waals surface area contributed by atoms with Gasteiger partial charge in [-0.05, 0) is 80.7 Å². The second kappa shape index (κ2) is 10.9. The molecule has 0 unspecified atom stereocenters. The van der Waals surface area contributed by atoms with Crippen molar-refractivity contribution in [2.45, 2.75) is 13.5 Å². The SMILES string of the molecule is CCOc1cc(/C=C(/C#N)c2ccc([N+](=O)[O-])cc2)cc(Br)c1OCc1cccc2ccccc12. The van der Waals surface area contributed by atoms with Crippen molar-refractivity contribution < 1.29 is 14.4 Å². The number of nitro benzene ring substituents is 1. The summed E-state index contributed by atoms with van der Waals surface area (Å²) in [4.78, 5) is 10.4. The molecule has 0 spiro atoms. The zero-order valence-electron chi connectivity index (χ0n) is 18.9.